The van der Waals surface area contributed by atoms with E-state index in [4.69, 9.17) is 5.73 Å². The maximum atomic E-state index is 12.2. The third-order valence-electron chi connectivity index (χ3n) is 5.13. The van der Waals surface area contributed by atoms with Crippen molar-refractivity contribution in [2.24, 2.45) is 17.6 Å². The van der Waals surface area contributed by atoms with Gasteiger partial charge in [0, 0.05) is 25.6 Å². The summed E-state index contributed by atoms with van der Waals surface area (Å²) >= 11 is 0. The number of amides is 1. The molecule has 2 fully saturated rings. The van der Waals surface area contributed by atoms with Crippen LogP contribution in [-0.4, -0.2) is 29.9 Å². The molecule has 2 aliphatic rings. The van der Waals surface area contributed by atoms with Crippen LogP contribution in [0.3, 0.4) is 0 Å². The molecule has 1 saturated carbocycles. The van der Waals surface area contributed by atoms with Gasteiger partial charge >= 0.3 is 0 Å². The Morgan fingerprint density at radius 3 is 2.53 bits per heavy atom. The molecule has 0 aromatic carbocycles. The van der Waals surface area contributed by atoms with Crippen LogP contribution in [0.25, 0.3) is 0 Å². The van der Waals surface area contributed by atoms with Crippen LogP contribution < -0.4 is 5.73 Å². The Kier molecular flexibility index (Phi) is 5.68. The molecule has 3 nitrogen and oxygen atoms in total. The lowest BCUT2D eigenvalue weighted by Crippen LogP contribution is -2.38. The first-order valence-corrected chi connectivity index (χ1v) is 8.22. The van der Waals surface area contributed by atoms with Gasteiger partial charge in [0.25, 0.3) is 0 Å². The number of hydrogen-bond acceptors (Lipinski definition) is 2. The predicted molar refractivity (Wildman–Crippen MR) is 78.8 cm³/mol. The number of rotatable bonds is 4. The van der Waals surface area contributed by atoms with Gasteiger partial charge in [-0.05, 0) is 43.9 Å². The maximum Gasteiger partial charge on any atom is 0.222 e. The number of likely N-dealkylation sites (tertiary alicyclic amines) is 1. The molecule has 3 heteroatoms. The van der Waals surface area contributed by atoms with Crippen LogP contribution in [-0.2, 0) is 4.79 Å². The summed E-state index contributed by atoms with van der Waals surface area (Å²) in [5, 5.41) is 0. The van der Waals surface area contributed by atoms with Crippen LogP contribution in [0.2, 0.25) is 0 Å². The second kappa shape index (κ2) is 7.28. The van der Waals surface area contributed by atoms with E-state index in [0.29, 0.717) is 17.9 Å². The average molecular weight is 266 g/mol. The number of nitrogens with two attached hydrogens (primary N) is 1. The minimum absolute atomic E-state index is 0.383. The Balaban J connectivity index is 1.67. The van der Waals surface area contributed by atoms with Gasteiger partial charge < -0.3 is 10.6 Å². The van der Waals surface area contributed by atoms with Crippen LogP contribution in [0.5, 0.6) is 0 Å². The molecule has 1 aliphatic heterocycles. The number of piperidine rings is 1. The highest BCUT2D eigenvalue weighted by Gasteiger charge is 2.24. The summed E-state index contributed by atoms with van der Waals surface area (Å²) in [6.45, 7) is 4.23. The van der Waals surface area contributed by atoms with Crippen molar-refractivity contribution in [3.63, 3.8) is 0 Å². The van der Waals surface area contributed by atoms with E-state index in [-0.39, 0.29) is 0 Å². The van der Waals surface area contributed by atoms with E-state index in [1.807, 2.05) is 0 Å². The van der Waals surface area contributed by atoms with Gasteiger partial charge in [0.1, 0.15) is 0 Å². The maximum absolute atomic E-state index is 12.2. The van der Waals surface area contributed by atoms with Crippen molar-refractivity contribution < 1.29 is 4.79 Å². The van der Waals surface area contributed by atoms with Gasteiger partial charge in [0.05, 0.1) is 0 Å². The fourth-order valence-electron chi connectivity index (χ4n) is 3.67. The van der Waals surface area contributed by atoms with Gasteiger partial charge in [-0.25, -0.2) is 0 Å². The Hall–Kier alpha value is -0.570. The summed E-state index contributed by atoms with van der Waals surface area (Å²) < 4.78 is 0. The van der Waals surface area contributed by atoms with Crippen molar-refractivity contribution in [3.8, 4) is 0 Å². The van der Waals surface area contributed by atoms with Crippen LogP contribution in [0.1, 0.15) is 64.7 Å². The van der Waals surface area contributed by atoms with Gasteiger partial charge in [0.15, 0.2) is 0 Å². The zero-order valence-corrected chi connectivity index (χ0v) is 12.4. The van der Waals surface area contributed by atoms with E-state index >= 15 is 0 Å². The third-order valence-corrected chi connectivity index (χ3v) is 5.13. The van der Waals surface area contributed by atoms with Crippen molar-refractivity contribution in [2.75, 3.05) is 13.1 Å². The molecule has 1 heterocycles. The second-order valence-electron chi connectivity index (χ2n) is 6.56. The van der Waals surface area contributed by atoms with Crippen LogP contribution in [0.15, 0.2) is 0 Å². The van der Waals surface area contributed by atoms with Crippen LogP contribution >= 0.6 is 0 Å². The predicted octanol–water partition coefficient (Wildman–Crippen LogP) is 2.93. The molecular weight excluding hydrogens is 236 g/mol. The van der Waals surface area contributed by atoms with Crippen molar-refractivity contribution in [1.29, 1.82) is 0 Å². The number of carbonyl (C=O) groups excluding carboxylic acids is 1. The zero-order valence-electron chi connectivity index (χ0n) is 12.4. The third kappa shape index (κ3) is 4.48. The lowest BCUT2D eigenvalue weighted by atomic mass is 9.83. The van der Waals surface area contributed by atoms with Gasteiger partial charge in [-0.3, -0.25) is 4.79 Å². The lowest BCUT2D eigenvalue weighted by molar-refractivity contribution is -0.133. The molecule has 0 radical (unpaired) electrons. The molecule has 0 spiro atoms. The number of nitrogens with zero attached hydrogens (tertiary/aromatic N) is 1. The summed E-state index contributed by atoms with van der Waals surface area (Å²) in [5.74, 6) is 1.93. The normalized spacial score (nSPS) is 29.5. The van der Waals surface area contributed by atoms with E-state index < -0.39 is 0 Å². The standard InChI is InChI=1S/C16H30N2O/c1-2-13-8-10-18(11-9-13)16(19)7-6-14-4-3-5-15(17)12-14/h13-15H,2-12,17H2,1H3. The molecule has 2 rings (SSSR count). The highest BCUT2D eigenvalue weighted by Crippen LogP contribution is 2.27. The first-order valence-electron chi connectivity index (χ1n) is 8.22. The van der Waals surface area contributed by atoms with Crippen LogP contribution in [0, 0.1) is 11.8 Å². The summed E-state index contributed by atoms with van der Waals surface area (Å²) in [6, 6.07) is 0.383. The largest absolute Gasteiger partial charge is 0.343 e. The first kappa shape index (κ1) is 14.8. The van der Waals surface area contributed by atoms with E-state index in [1.54, 1.807) is 0 Å². The van der Waals surface area contributed by atoms with Crippen molar-refractivity contribution in [2.45, 2.75) is 70.8 Å². The Labute approximate surface area is 117 Å². The first-order chi connectivity index (χ1) is 9.19. The monoisotopic (exact) mass is 266 g/mol. The highest BCUT2D eigenvalue weighted by molar-refractivity contribution is 5.76. The molecule has 2 unspecified atom stereocenters. The quantitative estimate of drug-likeness (QED) is 0.850. The molecule has 19 heavy (non-hydrogen) atoms. The molecule has 0 aromatic rings. The second-order valence-corrected chi connectivity index (χ2v) is 6.56. The molecule has 110 valence electrons. The molecule has 2 atom stereocenters. The smallest absolute Gasteiger partial charge is 0.222 e. The molecular formula is C16H30N2O. The van der Waals surface area contributed by atoms with E-state index in [1.165, 1.54) is 38.5 Å². The van der Waals surface area contributed by atoms with E-state index in [9.17, 15) is 4.79 Å². The summed E-state index contributed by atoms with van der Waals surface area (Å²) in [5.41, 5.74) is 6.01. The SMILES string of the molecule is CCC1CCN(C(=O)CCC2CCCC(N)C2)CC1. The minimum atomic E-state index is 0.383. The summed E-state index contributed by atoms with van der Waals surface area (Å²) in [7, 11) is 0. The van der Waals surface area contributed by atoms with E-state index in [0.717, 1.165) is 38.3 Å². The van der Waals surface area contributed by atoms with Crippen molar-refractivity contribution in [1.82, 2.24) is 4.90 Å². The molecule has 1 saturated heterocycles. The topological polar surface area (TPSA) is 46.3 Å². The fraction of sp³-hybridized carbons (Fsp3) is 0.938. The van der Waals surface area contributed by atoms with Gasteiger partial charge in [-0.1, -0.05) is 26.2 Å². The van der Waals surface area contributed by atoms with Crippen LogP contribution in [0.4, 0.5) is 0 Å². The van der Waals surface area contributed by atoms with Crippen molar-refractivity contribution >= 4 is 5.91 Å². The molecule has 2 N–H and O–H groups in total. The lowest BCUT2D eigenvalue weighted by Gasteiger charge is -2.32. The molecule has 0 aromatic heterocycles. The Bertz CT molecular complexity index is 284. The van der Waals surface area contributed by atoms with Gasteiger partial charge in [0.2, 0.25) is 5.91 Å². The van der Waals surface area contributed by atoms with Gasteiger partial charge in [-0.2, -0.15) is 0 Å². The zero-order chi connectivity index (χ0) is 13.7. The molecule has 1 aliphatic carbocycles. The van der Waals surface area contributed by atoms with E-state index in [2.05, 4.69) is 11.8 Å². The van der Waals surface area contributed by atoms with Gasteiger partial charge in [-0.15, -0.1) is 0 Å². The Morgan fingerprint density at radius 1 is 1.16 bits per heavy atom. The molecule has 1 amide bonds. The summed E-state index contributed by atoms with van der Waals surface area (Å²) in [6.07, 6.45) is 10.3. The van der Waals surface area contributed by atoms with Crippen molar-refractivity contribution in [3.05, 3.63) is 0 Å². The summed E-state index contributed by atoms with van der Waals surface area (Å²) in [4.78, 5) is 14.3. The highest BCUT2D eigenvalue weighted by atomic mass is 16.2. The molecule has 0 bridgehead atoms. The Morgan fingerprint density at radius 2 is 1.89 bits per heavy atom. The minimum Gasteiger partial charge on any atom is -0.343 e. The average Bonchev–Trinajstić information content (AvgIpc) is 2.45. The number of carbonyl (C=O) groups is 1. The number of hydrogen-bond donors (Lipinski definition) is 1. The fourth-order valence-corrected chi connectivity index (χ4v) is 3.67.